The molecule has 0 aromatic carbocycles. The van der Waals surface area contributed by atoms with Crippen molar-refractivity contribution in [1.82, 2.24) is 19.9 Å². The molecule has 1 saturated heterocycles. The number of hydrogen-bond donors (Lipinski definition) is 1. The van der Waals surface area contributed by atoms with E-state index in [9.17, 15) is 4.79 Å². The number of nitrogens with one attached hydrogen (secondary N) is 1. The number of piperazine rings is 1. The number of amides is 1. The highest BCUT2D eigenvalue weighted by molar-refractivity contribution is 5.81. The van der Waals surface area contributed by atoms with Crippen LogP contribution in [0.4, 0.5) is 11.9 Å². The third kappa shape index (κ3) is 3.01. The maximum atomic E-state index is 11.7. The average molecular weight is 266 g/mol. The van der Waals surface area contributed by atoms with Gasteiger partial charge in [-0.05, 0) is 6.92 Å². The van der Waals surface area contributed by atoms with Gasteiger partial charge in [-0.1, -0.05) is 0 Å². The minimum absolute atomic E-state index is 0.0515. The van der Waals surface area contributed by atoms with E-state index in [2.05, 4.69) is 20.3 Å². The summed E-state index contributed by atoms with van der Waals surface area (Å²) in [5.41, 5.74) is 0. The molecule has 1 aliphatic rings. The molecule has 104 valence electrons. The van der Waals surface area contributed by atoms with Crippen molar-refractivity contribution < 1.29 is 9.53 Å². The standard InChI is InChI=1S/C11H18N6O2/c1-4-12-9-13-10(15-11(14-9)19-3)17-6-5-16(2)8(18)7-17/h4-7H2,1-3H3,(H,12,13,14,15). The molecule has 0 atom stereocenters. The van der Waals surface area contributed by atoms with Crippen molar-refractivity contribution in [1.29, 1.82) is 0 Å². The molecule has 1 amide bonds. The summed E-state index contributed by atoms with van der Waals surface area (Å²) in [4.78, 5) is 27.8. The highest BCUT2D eigenvalue weighted by atomic mass is 16.5. The van der Waals surface area contributed by atoms with E-state index in [1.807, 2.05) is 11.8 Å². The third-order valence-corrected chi connectivity index (χ3v) is 2.86. The summed E-state index contributed by atoms with van der Waals surface area (Å²) in [7, 11) is 3.29. The van der Waals surface area contributed by atoms with Gasteiger partial charge in [0, 0.05) is 26.7 Å². The Morgan fingerprint density at radius 3 is 2.74 bits per heavy atom. The summed E-state index contributed by atoms with van der Waals surface area (Å²) in [5.74, 6) is 0.968. The van der Waals surface area contributed by atoms with Gasteiger partial charge in [-0.25, -0.2) is 0 Å². The molecule has 19 heavy (non-hydrogen) atoms. The van der Waals surface area contributed by atoms with Gasteiger partial charge in [-0.3, -0.25) is 4.79 Å². The number of ether oxygens (including phenoxy) is 1. The van der Waals surface area contributed by atoms with Crippen molar-refractivity contribution in [3.05, 3.63) is 0 Å². The number of rotatable bonds is 4. The number of methoxy groups -OCH3 is 1. The summed E-state index contributed by atoms with van der Waals surface area (Å²) in [6.45, 7) is 4.28. The molecule has 8 heteroatoms. The van der Waals surface area contributed by atoms with Crippen molar-refractivity contribution in [2.75, 3.05) is 50.6 Å². The van der Waals surface area contributed by atoms with E-state index in [1.54, 1.807) is 11.9 Å². The van der Waals surface area contributed by atoms with Crippen molar-refractivity contribution in [2.45, 2.75) is 6.92 Å². The molecule has 1 aromatic rings. The second kappa shape index (κ2) is 5.68. The lowest BCUT2D eigenvalue weighted by Crippen LogP contribution is -2.49. The average Bonchev–Trinajstić information content (AvgIpc) is 2.42. The van der Waals surface area contributed by atoms with Crippen molar-refractivity contribution in [3.63, 3.8) is 0 Å². The van der Waals surface area contributed by atoms with Crippen molar-refractivity contribution >= 4 is 17.8 Å². The second-order valence-corrected chi connectivity index (χ2v) is 4.21. The lowest BCUT2D eigenvalue weighted by atomic mass is 10.3. The first-order valence-corrected chi connectivity index (χ1v) is 6.17. The van der Waals surface area contributed by atoms with Crippen LogP contribution in [0.15, 0.2) is 0 Å². The Morgan fingerprint density at radius 2 is 2.11 bits per heavy atom. The lowest BCUT2D eigenvalue weighted by molar-refractivity contribution is -0.129. The van der Waals surface area contributed by atoms with Crippen LogP contribution in [0.1, 0.15) is 6.92 Å². The molecule has 1 fully saturated rings. The molecule has 1 N–H and O–H groups in total. The zero-order valence-corrected chi connectivity index (χ0v) is 11.4. The minimum atomic E-state index is 0.0515. The Kier molecular flexibility index (Phi) is 3.98. The number of carbonyl (C=O) groups is 1. The topological polar surface area (TPSA) is 83.5 Å². The van der Waals surface area contributed by atoms with Crippen LogP contribution in [-0.2, 0) is 4.79 Å². The van der Waals surface area contributed by atoms with Gasteiger partial charge >= 0.3 is 6.01 Å². The summed E-state index contributed by atoms with van der Waals surface area (Å²) in [5, 5.41) is 3.02. The fourth-order valence-corrected chi connectivity index (χ4v) is 1.74. The molecule has 2 rings (SSSR count). The number of anilines is 2. The van der Waals surface area contributed by atoms with Crippen LogP contribution >= 0.6 is 0 Å². The summed E-state index contributed by atoms with van der Waals surface area (Å²) in [6, 6.07) is 0.243. The second-order valence-electron chi connectivity index (χ2n) is 4.21. The van der Waals surface area contributed by atoms with Gasteiger partial charge in [0.2, 0.25) is 17.8 Å². The van der Waals surface area contributed by atoms with Crippen LogP contribution in [0.3, 0.4) is 0 Å². The lowest BCUT2D eigenvalue weighted by Gasteiger charge is -2.31. The Morgan fingerprint density at radius 1 is 1.32 bits per heavy atom. The van der Waals surface area contributed by atoms with Crippen molar-refractivity contribution in [3.8, 4) is 6.01 Å². The van der Waals surface area contributed by atoms with E-state index >= 15 is 0 Å². The predicted molar refractivity (Wildman–Crippen MR) is 70.4 cm³/mol. The molecular formula is C11H18N6O2. The maximum absolute atomic E-state index is 11.7. The molecule has 0 spiro atoms. The number of carbonyl (C=O) groups excluding carboxylic acids is 1. The van der Waals surface area contributed by atoms with Crippen molar-refractivity contribution in [2.24, 2.45) is 0 Å². The van der Waals surface area contributed by atoms with Gasteiger partial charge in [0.05, 0.1) is 13.7 Å². The van der Waals surface area contributed by atoms with Crippen LogP contribution in [0, 0.1) is 0 Å². The molecule has 8 nitrogen and oxygen atoms in total. The largest absolute Gasteiger partial charge is 0.467 e. The Balaban J connectivity index is 2.23. The fourth-order valence-electron chi connectivity index (χ4n) is 1.74. The van der Waals surface area contributed by atoms with E-state index in [0.717, 1.165) is 0 Å². The van der Waals surface area contributed by atoms with E-state index in [4.69, 9.17) is 4.74 Å². The number of nitrogens with zero attached hydrogens (tertiary/aromatic N) is 5. The van der Waals surface area contributed by atoms with E-state index in [0.29, 0.717) is 31.5 Å². The minimum Gasteiger partial charge on any atom is -0.467 e. The Labute approximate surface area is 111 Å². The van der Waals surface area contributed by atoms with Crippen LogP contribution in [0.2, 0.25) is 0 Å². The maximum Gasteiger partial charge on any atom is 0.322 e. The molecular weight excluding hydrogens is 248 g/mol. The molecule has 1 aliphatic heterocycles. The van der Waals surface area contributed by atoms with Gasteiger partial charge in [-0.2, -0.15) is 15.0 Å². The van der Waals surface area contributed by atoms with Gasteiger partial charge in [0.25, 0.3) is 0 Å². The molecule has 0 unspecified atom stereocenters. The van der Waals surface area contributed by atoms with Gasteiger partial charge < -0.3 is 19.9 Å². The number of hydrogen-bond acceptors (Lipinski definition) is 7. The SMILES string of the molecule is CCNc1nc(OC)nc(N2CCN(C)C(=O)C2)n1. The molecule has 0 radical (unpaired) electrons. The molecule has 2 heterocycles. The summed E-state index contributed by atoms with van der Waals surface area (Å²) >= 11 is 0. The zero-order valence-electron chi connectivity index (χ0n) is 11.4. The molecule has 0 bridgehead atoms. The quantitative estimate of drug-likeness (QED) is 0.793. The Hall–Kier alpha value is -2.12. The van der Waals surface area contributed by atoms with E-state index in [-0.39, 0.29) is 18.5 Å². The van der Waals surface area contributed by atoms with Gasteiger partial charge in [0.15, 0.2) is 0 Å². The van der Waals surface area contributed by atoms with Crippen LogP contribution in [0.5, 0.6) is 6.01 Å². The fraction of sp³-hybridized carbons (Fsp3) is 0.636. The van der Waals surface area contributed by atoms with Crippen LogP contribution < -0.4 is 15.0 Å². The van der Waals surface area contributed by atoms with E-state index in [1.165, 1.54) is 7.11 Å². The van der Waals surface area contributed by atoms with Crippen LogP contribution in [-0.4, -0.2) is 66.1 Å². The smallest absolute Gasteiger partial charge is 0.322 e. The molecule has 1 aromatic heterocycles. The molecule has 0 aliphatic carbocycles. The zero-order chi connectivity index (χ0) is 13.8. The van der Waals surface area contributed by atoms with E-state index < -0.39 is 0 Å². The first kappa shape index (κ1) is 13.3. The highest BCUT2D eigenvalue weighted by Gasteiger charge is 2.24. The molecule has 0 saturated carbocycles. The first-order chi connectivity index (χ1) is 9.13. The summed E-state index contributed by atoms with van der Waals surface area (Å²) in [6.07, 6.45) is 0. The number of aromatic nitrogens is 3. The summed E-state index contributed by atoms with van der Waals surface area (Å²) < 4.78 is 5.06. The number of likely N-dealkylation sites (N-methyl/N-ethyl adjacent to an activating group) is 1. The Bertz CT molecular complexity index is 466. The van der Waals surface area contributed by atoms with Crippen LogP contribution in [0.25, 0.3) is 0 Å². The normalized spacial score (nSPS) is 15.6. The third-order valence-electron chi connectivity index (χ3n) is 2.86. The predicted octanol–water partition coefficient (Wildman–Crippen LogP) is -0.410. The van der Waals surface area contributed by atoms with Gasteiger partial charge in [0.1, 0.15) is 0 Å². The van der Waals surface area contributed by atoms with Gasteiger partial charge in [-0.15, -0.1) is 0 Å². The first-order valence-electron chi connectivity index (χ1n) is 6.17. The monoisotopic (exact) mass is 266 g/mol. The highest BCUT2D eigenvalue weighted by Crippen LogP contribution is 2.16.